The zero-order chi connectivity index (χ0) is 32.2. The molecule has 0 rings (SSSR count). The second-order valence-electron chi connectivity index (χ2n) is 2.01. The Morgan fingerprint density at radius 3 is 0.195 bits per heavy atom. The van der Waals surface area contributed by atoms with E-state index in [-0.39, 0.29) is 89.6 Å². The summed E-state index contributed by atoms with van der Waals surface area (Å²) >= 11 is 0. The summed E-state index contributed by atoms with van der Waals surface area (Å²) in [7, 11) is 0. The van der Waals surface area contributed by atoms with E-state index in [1.807, 2.05) is 0 Å². The minimum atomic E-state index is -1.75. The fraction of sp³-hybridized carbons (Fsp3) is 0. The normalized spacial score (nSPS) is 5.27. The Bertz CT molecular complexity index is 425. The van der Waals surface area contributed by atoms with Crippen molar-refractivity contribution in [2.24, 2.45) is 0 Å². The SMILES string of the molecule is O=[N+]([O-])[O-].O=[N+]([O-])[O-].O=[N+]([O-])[O-].O=[N+]([O-])[O-].O=[N+]([O-])[O-].O=[N+]([O-])[O-].O=[N+]([O-])[O-].O=[N+]([O-])[O-].O=[N+]([O-])[O-].[La+3].[La+3].[NH4+].[NH4+].[NH4+]. The molecule has 0 aliphatic rings. The standard InChI is InChI=1S/2La.9NO3.3H3N/c;;9*2-1(3)4;;;/h;;;;;;;;;;;3*1H3/q2*+3;9*-1;;;/p+3. The molecule has 0 fully saturated rings. The van der Waals surface area contributed by atoms with Crippen LogP contribution in [0, 0.1) is 209 Å². The minimum Gasteiger partial charge on any atom is -0.369 e. The summed E-state index contributed by atoms with van der Waals surface area (Å²) in [5, 5.41) is 133. The van der Waals surface area contributed by atoms with Gasteiger partial charge in [0.1, 0.15) is 0 Å². The number of hydrogen-bond donors (Lipinski definition) is 3. The van der Waals surface area contributed by atoms with E-state index in [2.05, 4.69) is 0 Å². The van der Waals surface area contributed by atoms with Crippen LogP contribution in [0.2, 0.25) is 0 Å². The van der Waals surface area contributed by atoms with Crippen LogP contribution in [0.5, 0.6) is 0 Å². The largest absolute Gasteiger partial charge is 3.00 e. The monoisotopic (exact) mass is 890 g/mol. The van der Waals surface area contributed by atoms with E-state index in [0.29, 0.717) is 0 Å². The van der Waals surface area contributed by atoms with Crippen molar-refractivity contribution in [2.45, 2.75) is 0 Å². The smallest absolute Gasteiger partial charge is 0.369 e. The van der Waals surface area contributed by atoms with E-state index in [1.54, 1.807) is 0 Å². The van der Waals surface area contributed by atoms with Crippen molar-refractivity contribution in [3.63, 3.8) is 0 Å². The molecule has 0 aromatic rings. The zero-order valence-electron chi connectivity index (χ0n) is 19.2. The van der Waals surface area contributed by atoms with E-state index in [1.165, 1.54) is 0 Å². The van der Waals surface area contributed by atoms with Gasteiger partial charge in [0.2, 0.25) is 0 Å². The Balaban J connectivity index is -0.0000000164. The number of nitrogens with zero attached hydrogens (tertiary/aromatic N) is 9. The molecule has 0 saturated carbocycles. The molecule has 41 heavy (non-hydrogen) atoms. The van der Waals surface area contributed by atoms with Gasteiger partial charge in [0.25, 0.3) is 0 Å². The van der Waals surface area contributed by atoms with Crippen LogP contribution in [0.25, 0.3) is 0 Å². The molecule has 0 spiro atoms. The van der Waals surface area contributed by atoms with Crippen molar-refractivity contribution < 1.29 is 117 Å². The van der Waals surface area contributed by atoms with E-state index in [0.717, 1.165) is 0 Å². The van der Waals surface area contributed by atoms with Gasteiger partial charge in [-0.3, -0.25) is 0 Å². The van der Waals surface area contributed by atoms with Crippen LogP contribution in [-0.2, 0) is 0 Å². The molecule has 39 nitrogen and oxygen atoms in total. The van der Waals surface area contributed by atoms with Crippen LogP contribution in [0.15, 0.2) is 0 Å². The van der Waals surface area contributed by atoms with Crippen LogP contribution in [0.3, 0.4) is 0 Å². The molecule has 0 aromatic carbocycles. The fourth-order valence-corrected chi connectivity index (χ4v) is 0. The topological polar surface area (TPSA) is 705 Å². The average molecular weight is 890 g/mol. The van der Waals surface area contributed by atoms with Crippen molar-refractivity contribution >= 4 is 0 Å². The van der Waals surface area contributed by atoms with Crippen molar-refractivity contribution in [3.8, 4) is 0 Å². The molecule has 12 N–H and O–H groups in total. The van der Waals surface area contributed by atoms with Gasteiger partial charge in [-0.25, -0.2) is 0 Å². The molecule has 0 heterocycles. The van der Waals surface area contributed by atoms with Crippen molar-refractivity contribution in [3.05, 3.63) is 138 Å². The molecule has 0 amide bonds. The predicted octanol–water partition coefficient (Wildman–Crippen LogP) is -1.02. The summed E-state index contributed by atoms with van der Waals surface area (Å²) in [5.41, 5.74) is 0. The minimum absolute atomic E-state index is 0. The van der Waals surface area contributed by atoms with Crippen LogP contribution in [-0.4, -0.2) is 45.8 Å². The van der Waals surface area contributed by atoms with Gasteiger partial charge < -0.3 is 156 Å². The van der Waals surface area contributed by atoms with E-state index in [9.17, 15) is 0 Å². The summed E-state index contributed by atoms with van der Waals surface area (Å²) in [4.78, 5) is 74.2. The van der Waals surface area contributed by atoms with Gasteiger partial charge in [-0.1, -0.05) is 0 Å². The Labute approximate surface area is 272 Å². The summed E-state index contributed by atoms with van der Waals surface area (Å²) in [5.74, 6) is 0. The Morgan fingerprint density at radius 1 is 0.195 bits per heavy atom. The summed E-state index contributed by atoms with van der Waals surface area (Å²) < 4.78 is 0. The predicted molar refractivity (Wildman–Crippen MR) is 111 cm³/mol. The van der Waals surface area contributed by atoms with E-state index >= 15 is 0 Å². The molecule has 0 aliphatic heterocycles. The molecular formula is H12La2N12O27. The van der Waals surface area contributed by atoms with Crippen molar-refractivity contribution in [1.29, 1.82) is 0 Å². The first-order valence-corrected chi connectivity index (χ1v) is 4.93. The molecule has 0 saturated heterocycles. The maximum atomic E-state index is 8.25. The van der Waals surface area contributed by atoms with Gasteiger partial charge >= 0.3 is 71.2 Å². The molecule has 240 valence electrons. The van der Waals surface area contributed by atoms with Gasteiger partial charge in [0.15, 0.2) is 0 Å². The third-order valence-electron chi connectivity index (χ3n) is 0. The van der Waals surface area contributed by atoms with Crippen molar-refractivity contribution in [2.75, 3.05) is 0 Å². The summed E-state index contributed by atoms with van der Waals surface area (Å²) in [6.07, 6.45) is 0. The first-order chi connectivity index (χ1) is 15.6. The van der Waals surface area contributed by atoms with Gasteiger partial charge in [0, 0.05) is 0 Å². The quantitative estimate of drug-likeness (QED) is 0.193. The van der Waals surface area contributed by atoms with Gasteiger partial charge in [0.05, 0.1) is 45.8 Å². The maximum absolute atomic E-state index is 8.25. The summed E-state index contributed by atoms with van der Waals surface area (Å²) in [6.45, 7) is 0. The average Bonchev–Trinajstić information content (AvgIpc) is 2.39. The number of rotatable bonds is 0. The third kappa shape index (κ3) is 1580. The molecule has 0 atom stereocenters. The van der Waals surface area contributed by atoms with Crippen LogP contribution < -0.4 is 18.5 Å². The molecule has 0 radical (unpaired) electrons. The summed E-state index contributed by atoms with van der Waals surface area (Å²) in [6, 6.07) is 0. The third-order valence-corrected chi connectivity index (χ3v) is 0. The second-order valence-corrected chi connectivity index (χ2v) is 2.01. The Kier molecular flexibility index (Phi) is 186. The fourth-order valence-electron chi connectivity index (χ4n) is 0. The molecule has 0 aliphatic carbocycles. The van der Waals surface area contributed by atoms with E-state index < -0.39 is 45.8 Å². The van der Waals surface area contributed by atoms with Gasteiger partial charge in [-0.2, -0.15) is 0 Å². The molecule has 0 bridgehead atoms. The molecule has 41 heteroatoms. The zero-order valence-corrected chi connectivity index (χ0v) is 26.5. The first-order valence-electron chi connectivity index (χ1n) is 4.93. The molecule has 0 unspecified atom stereocenters. The van der Waals surface area contributed by atoms with Crippen LogP contribution in [0.4, 0.5) is 0 Å². The maximum Gasteiger partial charge on any atom is 3.00 e. The second kappa shape index (κ2) is 83.6. The molecular weight excluding hydrogens is 878 g/mol. The van der Waals surface area contributed by atoms with Crippen LogP contribution in [0.1, 0.15) is 0 Å². The Morgan fingerprint density at radius 2 is 0.195 bits per heavy atom. The number of quaternary nitrogens is 3. The van der Waals surface area contributed by atoms with Gasteiger partial charge in [-0.05, 0) is 0 Å². The van der Waals surface area contributed by atoms with E-state index in [4.69, 9.17) is 138 Å². The van der Waals surface area contributed by atoms with Crippen molar-refractivity contribution in [1.82, 2.24) is 18.5 Å². The van der Waals surface area contributed by atoms with Crippen LogP contribution >= 0.6 is 0 Å². The molecule has 0 aromatic heterocycles. The number of hydrogen-bond acceptors (Lipinski definition) is 27. The Hall–Kier alpha value is -4.93. The first kappa shape index (κ1) is 91.1. The van der Waals surface area contributed by atoms with Gasteiger partial charge in [-0.15, -0.1) is 0 Å².